The van der Waals surface area contributed by atoms with Gasteiger partial charge >= 0.3 is 0 Å². The molecule has 8 heteroatoms. The highest BCUT2D eigenvalue weighted by atomic mass is 35.5. The first-order valence-electron chi connectivity index (χ1n) is 10.7. The minimum Gasteiger partial charge on any atom is -0.493 e. The van der Waals surface area contributed by atoms with Crippen LogP contribution in [0.15, 0.2) is 36.7 Å². The van der Waals surface area contributed by atoms with Crippen molar-refractivity contribution >= 4 is 28.9 Å². The van der Waals surface area contributed by atoms with Crippen LogP contribution in [-0.2, 0) is 11.2 Å². The van der Waals surface area contributed by atoms with Crippen molar-refractivity contribution in [3.05, 3.63) is 58.5 Å². The summed E-state index contributed by atoms with van der Waals surface area (Å²) in [6.07, 6.45) is 4.16. The molecule has 3 aromatic rings. The van der Waals surface area contributed by atoms with Gasteiger partial charge in [0, 0.05) is 36.6 Å². The van der Waals surface area contributed by atoms with E-state index in [0.29, 0.717) is 53.9 Å². The molecular weight excluding hydrogens is 440 g/mol. The number of methoxy groups -OCH3 is 1. The molecule has 1 amide bonds. The zero-order chi connectivity index (χ0) is 23.0. The molecule has 3 N–H and O–H groups in total. The van der Waals surface area contributed by atoms with Gasteiger partial charge in [-0.15, -0.1) is 0 Å². The summed E-state index contributed by atoms with van der Waals surface area (Å²) >= 11 is 6.34. The molecule has 1 saturated heterocycles. The number of H-pyrrole nitrogens is 1. The fraction of sp³-hybridized carbons (Fsp3) is 0.280. The van der Waals surface area contributed by atoms with Crippen LogP contribution >= 0.6 is 11.6 Å². The van der Waals surface area contributed by atoms with E-state index in [1.807, 2.05) is 18.2 Å². The number of carbonyl (C=O) groups excluding carboxylic acids is 1. The fourth-order valence-electron chi connectivity index (χ4n) is 4.07. The number of hydrogen-bond acceptors (Lipinski definition) is 5. The summed E-state index contributed by atoms with van der Waals surface area (Å²) in [7, 11) is 1.56. The van der Waals surface area contributed by atoms with E-state index in [2.05, 4.69) is 39.4 Å². The number of rotatable bonds is 4. The van der Waals surface area contributed by atoms with E-state index in [-0.39, 0.29) is 11.3 Å². The van der Waals surface area contributed by atoms with Crippen molar-refractivity contribution < 1.29 is 14.3 Å². The number of nitrogens with one attached hydrogen (secondary N) is 3. The van der Waals surface area contributed by atoms with Crippen LogP contribution in [0.3, 0.4) is 0 Å². The summed E-state index contributed by atoms with van der Waals surface area (Å²) in [4.78, 5) is 20.6. The lowest BCUT2D eigenvalue weighted by atomic mass is 9.89. The van der Waals surface area contributed by atoms with Crippen LogP contribution in [-0.4, -0.2) is 42.7 Å². The lowest BCUT2D eigenvalue weighted by molar-refractivity contribution is -0.0648. The molecule has 0 bridgehead atoms. The average Bonchev–Trinajstić information content (AvgIpc) is 3.16. The van der Waals surface area contributed by atoms with E-state index in [1.165, 1.54) is 0 Å². The number of para-hydroxylation sites is 1. The molecule has 33 heavy (non-hydrogen) atoms. The number of carbonyl (C=O) groups is 1. The first kappa shape index (κ1) is 21.4. The van der Waals surface area contributed by atoms with Gasteiger partial charge in [-0.25, -0.2) is 0 Å². The van der Waals surface area contributed by atoms with Gasteiger partial charge in [-0.1, -0.05) is 29.5 Å². The molecule has 1 aromatic carbocycles. The highest BCUT2D eigenvalue weighted by molar-refractivity contribution is 6.32. The van der Waals surface area contributed by atoms with Gasteiger partial charge in [0.1, 0.15) is 0 Å². The number of hydrogen-bond donors (Lipinski definition) is 3. The Labute approximate surface area is 196 Å². The zero-order valence-corrected chi connectivity index (χ0v) is 19.1. The van der Waals surface area contributed by atoms with Crippen LogP contribution in [0.2, 0.25) is 5.02 Å². The first-order valence-corrected chi connectivity index (χ1v) is 11.0. The SMILES string of the molecule is COc1c(Cl)cccc1Nc1c(-c2ccncc2C#CC2(C)COC2)[nH]c2c1C(=O)NCC2. The fourth-order valence-corrected chi connectivity index (χ4v) is 4.32. The van der Waals surface area contributed by atoms with Gasteiger partial charge < -0.3 is 25.1 Å². The smallest absolute Gasteiger partial charge is 0.255 e. The number of anilines is 2. The molecule has 4 heterocycles. The largest absolute Gasteiger partial charge is 0.493 e. The molecular formula is C25H23ClN4O3. The molecule has 168 valence electrons. The second-order valence-electron chi connectivity index (χ2n) is 8.40. The van der Waals surface area contributed by atoms with E-state index in [0.717, 1.165) is 22.5 Å². The van der Waals surface area contributed by atoms with Crippen LogP contribution in [0.1, 0.15) is 28.5 Å². The Balaban J connectivity index is 1.66. The van der Waals surface area contributed by atoms with Crippen molar-refractivity contribution in [1.29, 1.82) is 0 Å². The average molecular weight is 463 g/mol. The number of aromatic amines is 1. The Bertz CT molecular complexity index is 1300. The van der Waals surface area contributed by atoms with E-state index < -0.39 is 0 Å². The van der Waals surface area contributed by atoms with Crippen molar-refractivity contribution in [3.63, 3.8) is 0 Å². The maximum atomic E-state index is 12.9. The Morgan fingerprint density at radius 1 is 1.30 bits per heavy atom. The van der Waals surface area contributed by atoms with Gasteiger partial charge in [-0.3, -0.25) is 9.78 Å². The van der Waals surface area contributed by atoms with Crippen molar-refractivity contribution in [3.8, 4) is 28.8 Å². The highest BCUT2D eigenvalue weighted by Crippen LogP contribution is 2.41. The zero-order valence-electron chi connectivity index (χ0n) is 18.3. The van der Waals surface area contributed by atoms with Crippen molar-refractivity contribution in [2.45, 2.75) is 13.3 Å². The predicted molar refractivity (Wildman–Crippen MR) is 127 cm³/mol. The van der Waals surface area contributed by atoms with Gasteiger partial charge in [-0.05, 0) is 25.1 Å². The molecule has 0 atom stereocenters. The summed E-state index contributed by atoms with van der Waals surface area (Å²) < 4.78 is 10.8. The molecule has 7 nitrogen and oxygen atoms in total. The molecule has 0 radical (unpaired) electrons. The minimum atomic E-state index is -0.156. The third-order valence-corrected chi connectivity index (χ3v) is 6.12. The number of pyridine rings is 1. The van der Waals surface area contributed by atoms with E-state index in [1.54, 1.807) is 25.6 Å². The number of halogens is 1. The van der Waals surface area contributed by atoms with Gasteiger partial charge in [0.25, 0.3) is 5.91 Å². The van der Waals surface area contributed by atoms with Crippen LogP contribution in [0.25, 0.3) is 11.3 Å². The second-order valence-corrected chi connectivity index (χ2v) is 8.81. The van der Waals surface area contributed by atoms with Crippen molar-refractivity contribution in [2.24, 2.45) is 5.41 Å². The molecule has 2 aliphatic heterocycles. The maximum absolute atomic E-state index is 12.9. The summed E-state index contributed by atoms with van der Waals surface area (Å²) in [6, 6.07) is 7.35. The number of benzene rings is 1. The Kier molecular flexibility index (Phi) is 5.49. The number of aromatic nitrogens is 2. The predicted octanol–water partition coefficient (Wildman–Crippen LogP) is 4.16. The van der Waals surface area contributed by atoms with E-state index in [4.69, 9.17) is 21.1 Å². The van der Waals surface area contributed by atoms with E-state index in [9.17, 15) is 4.79 Å². The van der Waals surface area contributed by atoms with Crippen molar-refractivity contribution in [1.82, 2.24) is 15.3 Å². The van der Waals surface area contributed by atoms with E-state index >= 15 is 0 Å². The third kappa shape index (κ3) is 3.92. The lowest BCUT2D eigenvalue weighted by Gasteiger charge is -2.32. The molecule has 0 unspecified atom stereocenters. The summed E-state index contributed by atoms with van der Waals surface area (Å²) in [5.74, 6) is 6.97. The summed E-state index contributed by atoms with van der Waals surface area (Å²) in [6.45, 7) is 3.89. The third-order valence-electron chi connectivity index (χ3n) is 5.83. The molecule has 0 aliphatic carbocycles. The molecule has 2 aromatic heterocycles. The van der Waals surface area contributed by atoms with Crippen molar-refractivity contribution in [2.75, 3.05) is 32.2 Å². The van der Waals surface area contributed by atoms with Crippen LogP contribution in [0.4, 0.5) is 11.4 Å². The molecule has 1 fully saturated rings. The Hall–Kier alpha value is -3.47. The minimum absolute atomic E-state index is 0.136. The van der Waals surface area contributed by atoms with Crippen LogP contribution in [0, 0.1) is 17.3 Å². The number of fused-ring (bicyclic) bond motifs is 1. The molecule has 2 aliphatic rings. The summed E-state index contributed by atoms with van der Waals surface area (Å²) in [5.41, 5.74) is 4.98. The van der Waals surface area contributed by atoms with Crippen LogP contribution in [0.5, 0.6) is 5.75 Å². The standard InChI is InChI=1S/C25H23ClN4O3/c1-25(13-33-14-25)9-6-15-12-27-10-7-16(15)21-22(20-18(29-21)8-11-28-24(20)31)30-19-5-3-4-17(26)23(19)32-2/h3-5,7,10,12,29-30H,8,11,13-14H2,1-2H3,(H,28,31). The maximum Gasteiger partial charge on any atom is 0.255 e. The van der Waals surface area contributed by atoms with Gasteiger partial charge in [0.15, 0.2) is 5.75 Å². The Morgan fingerprint density at radius 3 is 2.91 bits per heavy atom. The number of amides is 1. The lowest BCUT2D eigenvalue weighted by Crippen LogP contribution is -2.38. The van der Waals surface area contributed by atoms with Crippen LogP contribution < -0.4 is 15.4 Å². The molecule has 0 saturated carbocycles. The number of ether oxygens (including phenoxy) is 2. The topological polar surface area (TPSA) is 88.3 Å². The quantitative estimate of drug-likeness (QED) is 0.507. The summed E-state index contributed by atoms with van der Waals surface area (Å²) in [5, 5.41) is 6.81. The second kappa shape index (κ2) is 8.47. The monoisotopic (exact) mass is 462 g/mol. The number of nitrogens with zero attached hydrogens (tertiary/aromatic N) is 1. The normalized spacial score (nSPS) is 16.0. The molecule has 0 spiro atoms. The van der Waals surface area contributed by atoms with Gasteiger partial charge in [0.05, 0.1) is 59.0 Å². The first-order chi connectivity index (χ1) is 16.0. The van der Waals surface area contributed by atoms with Gasteiger partial charge in [0.2, 0.25) is 0 Å². The van der Waals surface area contributed by atoms with Gasteiger partial charge in [-0.2, -0.15) is 0 Å². The Morgan fingerprint density at radius 2 is 2.15 bits per heavy atom. The molecule has 5 rings (SSSR count). The highest BCUT2D eigenvalue weighted by Gasteiger charge is 2.31.